The van der Waals surface area contributed by atoms with Crippen LogP contribution in [0, 0.1) is 6.92 Å². The standard InChI is InChI=1S/C16H23N3O2/c1-14-15(12-17-8-10-20-2)13-18-19(14)9-11-21-16-6-4-3-5-7-16/h3-7,13,17H,8-12H2,1-2H3. The van der Waals surface area contributed by atoms with Crippen LogP contribution in [0.2, 0.25) is 0 Å². The lowest BCUT2D eigenvalue weighted by molar-refractivity contribution is 0.199. The Balaban J connectivity index is 1.77. The fourth-order valence-corrected chi connectivity index (χ4v) is 2.05. The highest BCUT2D eigenvalue weighted by molar-refractivity contribution is 5.21. The number of hydrogen-bond donors (Lipinski definition) is 1. The van der Waals surface area contributed by atoms with E-state index in [2.05, 4.69) is 17.3 Å². The fourth-order valence-electron chi connectivity index (χ4n) is 2.05. The van der Waals surface area contributed by atoms with Crippen LogP contribution in [-0.2, 0) is 17.8 Å². The van der Waals surface area contributed by atoms with Crippen LogP contribution >= 0.6 is 0 Å². The van der Waals surface area contributed by atoms with Crippen molar-refractivity contribution in [2.45, 2.75) is 20.0 Å². The molecule has 2 aromatic rings. The number of aromatic nitrogens is 2. The SMILES string of the molecule is COCCNCc1cnn(CCOc2ccccc2)c1C. The third-order valence-corrected chi connectivity index (χ3v) is 3.32. The van der Waals surface area contributed by atoms with Crippen LogP contribution in [-0.4, -0.2) is 36.6 Å². The smallest absolute Gasteiger partial charge is 0.119 e. The van der Waals surface area contributed by atoms with Crippen molar-refractivity contribution in [1.82, 2.24) is 15.1 Å². The van der Waals surface area contributed by atoms with Gasteiger partial charge in [-0.05, 0) is 19.1 Å². The Morgan fingerprint density at radius 3 is 2.76 bits per heavy atom. The van der Waals surface area contributed by atoms with Crippen molar-refractivity contribution in [3.63, 3.8) is 0 Å². The number of para-hydroxylation sites is 1. The molecule has 1 aromatic carbocycles. The number of methoxy groups -OCH3 is 1. The summed E-state index contributed by atoms with van der Waals surface area (Å²) in [6.45, 7) is 5.83. The van der Waals surface area contributed by atoms with Gasteiger partial charge in [0.1, 0.15) is 12.4 Å². The second-order valence-corrected chi connectivity index (χ2v) is 4.81. The molecule has 114 valence electrons. The summed E-state index contributed by atoms with van der Waals surface area (Å²) < 4.78 is 12.7. The Bertz CT molecular complexity index is 526. The summed E-state index contributed by atoms with van der Waals surface area (Å²) in [5, 5.41) is 7.74. The first-order valence-electron chi connectivity index (χ1n) is 7.20. The van der Waals surface area contributed by atoms with Crippen molar-refractivity contribution in [3.8, 4) is 5.75 Å². The van der Waals surface area contributed by atoms with Gasteiger partial charge in [-0.1, -0.05) is 18.2 Å². The van der Waals surface area contributed by atoms with Crippen LogP contribution < -0.4 is 10.1 Å². The molecule has 0 aliphatic rings. The topological polar surface area (TPSA) is 48.3 Å². The highest BCUT2D eigenvalue weighted by atomic mass is 16.5. The van der Waals surface area contributed by atoms with Gasteiger partial charge < -0.3 is 14.8 Å². The van der Waals surface area contributed by atoms with Crippen molar-refractivity contribution in [3.05, 3.63) is 47.8 Å². The molecular formula is C16H23N3O2. The second-order valence-electron chi connectivity index (χ2n) is 4.81. The molecular weight excluding hydrogens is 266 g/mol. The molecule has 0 atom stereocenters. The minimum absolute atomic E-state index is 0.614. The molecule has 5 heteroatoms. The van der Waals surface area contributed by atoms with E-state index in [4.69, 9.17) is 9.47 Å². The Hall–Kier alpha value is -1.85. The molecule has 2 rings (SSSR count). The van der Waals surface area contributed by atoms with E-state index >= 15 is 0 Å². The lowest BCUT2D eigenvalue weighted by Crippen LogP contribution is -2.19. The number of hydrogen-bond acceptors (Lipinski definition) is 4. The Morgan fingerprint density at radius 2 is 2.00 bits per heavy atom. The highest BCUT2D eigenvalue weighted by Crippen LogP contribution is 2.10. The monoisotopic (exact) mass is 289 g/mol. The van der Waals surface area contributed by atoms with E-state index in [9.17, 15) is 0 Å². The van der Waals surface area contributed by atoms with E-state index in [0.29, 0.717) is 6.61 Å². The molecule has 0 radical (unpaired) electrons. The molecule has 0 aliphatic heterocycles. The summed E-state index contributed by atoms with van der Waals surface area (Å²) in [5.41, 5.74) is 2.39. The first kappa shape index (κ1) is 15.5. The summed E-state index contributed by atoms with van der Waals surface area (Å²) in [6, 6.07) is 9.84. The third-order valence-electron chi connectivity index (χ3n) is 3.32. The summed E-state index contributed by atoms with van der Waals surface area (Å²) in [6.07, 6.45) is 1.91. The van der Waals surface area contributed by atoms with Crippen molar-refractivity contribution in [2.24, 2.45) is 0 Å². The van der Waals surface area contributed by atoms with Gasteiger partial charge in [0.25, 0.3) is 0 Å². The lowest BCUT2D eigenvalue weighted by atomic mass is 10.2. The van der Waals surface area contributed by atoms with E-state index in [1.165, 1.54) is 11.3 Å². The molecule has 0 saturated heterocycles. The molecule has 1 N–H and O–H groups in total. The predicted octanol–water partition coefficient (Wildman–Crippen LogP) is 2.01. The van der Waals surface area contributed by atoms with Gasteiger partial charge in [-0.3, -0.25) is 4.68 Å². The minimum atomic E-state index is 0.614. The molecule has 0 amide bonds. The lowest BCUT2D eigenvalue weighted by Gasteiger charge is -2.08. The molecule has 5 nitrogen and oxygen atoms in total. The number of rotatable bonds is 9. The van der Waals surface area contributed by atoms with Crippen LogP contribution in [0.5, 0.6) is 5.75 Å². The molecule has 1 heterocycles. The third kappa shape index (κ3) is 4.88. The van der Waals surface area contributed by atoms with Crippen LogP contribution in [0.25, 0.3) is 0 Å². The van der Waals surface area contributed by atoms with E-state index in [1.807, 2.05) is 41.2 Å². The second kappa shape index (κ2) is 8.44. The van der Waals surface area contributed by atoms with Crippen molar-refractivity contribution < 1.29 is 9.47 Å². The molecule has 0 unspecified atom stereocenters. The maximum atomic E-state index is 5.69. The van der Waals surface area contributed by atoms with Gasteiger partial charge in [-0.15, -0.1) is 0 Å². The van der Waals surface area contributed by atoms with Crippen molar-refractivity contribution >= 4 is 0 Å². The summed E-state index contributed by atoms with van der Waals surface area (Å²) in [5.74, 6) is 0.892. The van der Waals surface area contributed by atoms with Gasteiger partial charge >= 0.3 is 0 Å². The van der Waals surface area contributed by atoms with Crippen LogP contribution in [0.1, 0.15) is 11.3 Å². The van der Waals surface area contributed by atoms with Crippen LogP contribution in [0.15, 0.2) is 36.5 Å². The molecule has 0 aliphatic carbocycles. The maximum absolute atomic E-state index is 5.69. The van der Waals surface area contributed by atoms with Crippen molar-refractivity contribution in [2.75, 3.05) is 26.9 Å². The van der Waals surface area contributed by atoms with Crippen molar-refractivity contribution in [1.29, 1.82) is 0 Å². The van der Waals surface area contributed by atoms with E-state index in [0.717, 1.165) is 32.0 Å². The van der Waals surface area contributed by atoms with E-state index < -0.39 is 0 Å². The first-order chi connectivity index (χ1) is 10.3. The Labute approximate surface area is 125 Å². The van der Waals surface area contributed by atoms with Gasteiger partial charge in [-0.2, -0.15) is 5.10 Å². The minimum Gasteiger partial charge on any atom is -0.492 e. The first-order valence-corrected chi connectivity index (χ1v) is 7.20. The number of benzene rings is 1. The van der Waals surface area contributed by atoms with Gasteiger partial charge in [0.05, 0.1) is 19.3 Å². The van der Waals surface area contributed by atoms with Gasteiger partial charge in [0, 0.05) is 31.5 Å². The highest BCUT2D eigenvalue weighted by Gasteiger charge is 2.06. The molecule has 1 aromatic heterocycles. The number of nitrogens with one attached hydrogen (secondary N) is 1. The van der Waals surface area contributed by atoms with Gasteiger partial charge in [0.2, 0.25) is 0 Å². The van der Waals surface area contributed by atoms with Gasteiger partial charge in [0.15, 0.2) is 0 Å². The molecule has 21 heavy (non-hydrogen) atoms. The Kier molecular flexibility index (Phi) is 6.24. The van der Waals surface area contributed by atoms with E-state index in [-0.39, 0.29) is 0 Å². The Morgan fingerprint density at radius 1 is 1.19 bits per heavy atom. The zero-order valence-corrected chi connectivity index (χ0v) is 12.7. The predicted molar refractivity (Wildman–Crippen MR) is 82.5 cm³/mol. The number of ether oxygens (including phenoxy) is 2. The largest absolute Gasteiger partial charge is 0.492 e. The average Bonchev–Trinajstić information content (AvgIpc) is 2.86. The fraction of sp³-hybridized carbons (Fsp3) is 0.438. The summed E-state index contributed by atoms with van der Waals surface area (Å²) in [4.78, 5) is 0. The quantitative estimate of drug-likeness (QED) is 0.717. The molecule has 0 bridgehead atoms. The zero-order chi connectivity index (χ0) is 14.9. The molecule has 0 fully saturated rings. The van der Waals surface area contributed by atoms with Gasteiger partial charge in [-0.25, -0.2) is 0 Å². The van der Waals surface area contributed by atoms with Crippen LogP contribution in [0.4, 0.5) is 0 Å². The maximum Gasteiger partial charge on any atom is 0.119 e. The van der Waals surface area contributed by atoms with E-state index in [1.54, 1.807) is 7.11 Å². The average molecular weight is 289 g/mol. The summed E-state index contributed by atoms with van der Waals surface area (Å²) in [7, 11) is 1.71. The molecule has 0 saturated carbocycles. The zero-order valence-electron chi connectivity index (χ0n) is 12.7. The van der Waals surface area contributed by atoms with Crippen LogP contribution in [0.3, 0.4) is 0 Å². The summed E-state index contributed by atoms with van der Waals surface area (Å²) >= 11 is 0. The number of nitrogens with zero attached hydrogens (tertiary/aromatic N) is 2. The normalized spacial score (nSPS) is 10.8. The molecule has 0 spiro atoms.